The Hall–Kier alpha value is -0.610. The number of carbonyl (C=O) groups is 1. The van der Waals surface area contributed by atoms with Crippen molar-refractivity contribution in [1.29, 1.82) is 0 Å². The second-order valence-corrected chi connectivity index (χ2v) is 4.93. The van der Waals surface area contributed by atoms with Crippen LogP contribution >= 0.6 is 0 Å². The first-order valence-electron chi connectivity index (χ1n) is 5.59. The van der Waals surface area contributed by atoms with Gasteiger partial charge in [-0.1, -0.05) is 27.2 Å². The predicted octanol–water partition coefficient (Wildman–Crippen LogP) is 0.513. The maximum Gasteiger partial charge on any atom is 0.237 e. The lowest BCUT2D eigenvalue weighted by atomic mass is 9.88. The molecule has 88 valence electrons. The summed E-state index contributed by atoms with van der Waals surface area (Å²) in [5, 5.41) is 2.90. The predicted molar refractivity (Wildman–Crippen MR) is 59.4 cm³/mol. The number of amides is 1. The maximum absolute atomic E-state index is 11.7. The molecule has 0 aromatic heterocycles. The van der Waals surface area contributed by atoms with E-state index in [0.717, 1.165) is 19.6 Å². The molecule has 0 bridgehead atoms. The van der Waals surface area contributed by atoms with E-state index >= 15 is 0 Å². The Morgan fingerprint density at radius 3 is 2.60 bits per heavy atom. The summed E-state index contributed by atoms with van der Waals surface area (Å²) >= 11 is 0. The van der Waals surface area contributed by atoms with Crippen LogP contribution < -0.4 is 11.1 Å². The van der Waals surface area contributed by atoms with Crippen molar-refractivity contribution in [2.45, 2.75) is 33.2 Å². The zero-order valence-electron chi connectivity index (χ0n) is 9.88. The fraction of sp³-hybridized carbons (Fsp3) is 0.909. The van der Waals surface area contributed by atoms with Gasteiger partial charge in [-0.2, -0.15) is 0 Å². The van der Waals surface area contributed by atoms with E-state index in [1.54, 1.807) is 0 Å². The minimum atomic E-state index is -0.389. The molecule has 0 aliphatic carbocycles. The maximum atomic E-state index is 11.7. The van der Waals surface area contributed by atoms with Crippen molar-refractivity contribution in [3.05, 3.63) is 0 Å². The zero-order valence-corrected chi connectivity index (χ0v) is 9.88. The van der Waals surface area contributed by atoms with E-state index in [4.69, 9.17) is 10.5 Å². The number of hydrogen-bond donors (Lipinski definition) is 2. The van der Waals surface area contributed by atoms with Gasteiger partial charge in [-0.15, -0.1) is 0 Å². The highest BCUT2D eigenvalue weighted by Gasteiger charge is 2.34. The molecule has 4 heteroatoms. The number of ether oxygens (including phenoxy) is 1. The molecule has 1 rings (SSSR count). The lowest BCUT2D eigenvalue weighted by Crippen LogP contribution is -2.52. The first-order valence-corrected chi connectivity index (χ1v) is 5.59. The monoisotopic (exact) mass is 214 g/mol. The molecule has 0 unspecified atom stereocenters. The molecule has 0 aromatic rings. The summed E-state index contributed by atoms with van der Waals surface area (Å²) in [5.41, 5.74) is 5.93. The fourth-order valence-corrected chi connectivity index (χ4v) is 1.48. The number of nitrogens with two attached hydrogens (primary N) is 1. The van der Waals surface area contributed by atoms with Crippen LogP contribution in [0.25, 0.3) is 0 Å². The van der Waals surface area contributed by atoms with Crippen LogP contribution in [0.15, 0.2) is 0 Å². The van der Waals surface area contributed by atoms with Crippen LogP contribution in [0, 0.1) is 11.3 Å². The average Bonchev–Trinajstić information content (AvgIpc) is 2.20. The van der Waals surface area contributed by atoms with Crippen molar-refractivity contribution in [2.75, 3.05) is 19.8 Å². The molecule has 0 radical (unpaired) electrons. The molecule has 2 atom stereocenters. The Morgan fingerprint density at radius 2 is 2.20 bits per heavy atom. The van der Waals surface area contributed by atoms with Crippen LogP contribution in [-0.2, 0) is 9.53 Å². The summed E-state index contributed by atoms with van der Waals surface area (Å²) in [5.74, 6) is 0.188. The Kier molecular flexibility index (Phi) is 4.11. The molecular formula is C11H22N2O2. The molecule has 1 saturated heterocycles. The lowest BCUT2D eigenvalue weighted by Gasteiger charge is -2.38. The zero-order chi connectivity index (χ0) is 11.5. The Bertz CT molecular complexity index is 227. The Balaban J connectivity index is 2.29. The van der Waals surface area contributed by atoms with E-state index < -0.39 is 0 Å². The molecule has 1 aliphatic rings. The normalized spacial score (nSPS) is 22.7. The molecular weight excluding hydrogens is 192 g/mol. The van der Waals surface area contributed by atoms with E-state index in [-0.39, 0.29) is 23.3 Å². The quantitative estimate of drug-likeness (QED) is 0.701. The van der Waals surface area contributed by atoms with Crippen molar-refractivity contribution in [2.24, 2.45) is 17.1 Å². The summed E-state index contributed by atoms with van der Waals surface area (Å²) in [6, 6.07) is -0.389. The first kappa shape index (κ1) is 12.5. The third-order valence-electron chi connectivity index (χ3n) is 3.15. The van der Waals surface area contributed by atoms with E-state index in [9.17, 15) is 4.79 Å². The van der Waals surface area contributed by atoms with Crippen LogP contribution in [0.4, 0.5) is 0 Å². The van der Waals surface area contributed by atoms with Gasteiger partial charge < -0.3 is 15.8 Å². The van der Waals surface area contributed by atoms with Gasteiger partial charge in [-0.3, -0.25) is 4.79 Å². The van der Waals surface area contributed by atoms with Crippen LogP contribution in [0.1, 0.15) is 27.2 Å². The molecule has 1 amide bonds. The second kappa shape index (κ2) is 4.94. The minimum absolute atomic E-state index is 0.0440. The summed E-state index contributed by atoms with van der Waals surface area (Å²) in [7, 11) is 0. The number of hydrogen-bond acceptors (Lipinski definition) is 3. The van der Waals surface area contributed by atoms with Gasteiger partial charge in [0, 0.05) is 12.0 Å². The van der Waals surface area contributed by atoms with E-state index in [1.807, 2.05) is 13.8 Å². The molecule has 0 saturated carbocycles. The van der Waals surface area contributed by atoms with Gasteiger partial charge in [0.05, 0.1) is 19.3 Å². The topological polar surface area (TPSA) is 64.4 Å². The van der Waals surface area contributed by atoms with Gasteiger partial charge in [0.2, 0.25) is 5.91 Å². The average molecular weight is 214 g/mol. The highest BCUT2D eigenvalue weighted by atomic mass is 16.5. The number of nitrogens with one attached hydrogen (secondary N) is 1. The molecule has 4 nitrogen and oxygen atoms in total. The molecule has 15 heavy (non-hydrogen) atoms. The van der Waals surface area contributed by atoms with Crippen LogP contribution in [0.5, 0.6) is 0 Å². The van der Waals surface area contributed by atoms with Gasteiger partial charge in [0.15, 0.2) is 0 Å². The smallest absolute Gasteiger partial charge is 0.237 e. The third kappa shape index (κ3) is 3.18. The highest BCUT2D eigenvalue weighted by Crippen LogP contribution is 2.25. The molecule has 3 N–H and O–H groups in total. The van der Waals surface area contributed by atoms with Gasteiger partial charge in [-0.05, 0) is 5.92 Å². The SMILES string of the molecule is CC[C@H](C)[C@H](N)C(=O)NCC1(C)COC1. The summed E-state index contributed by atoms with van der Waals surface area (Å²) in [6.07, 6.45) is 0.926. The van der Waals surface area contributed by atoms with Crippen LogP contribution in [0.3, 0.4) is 0 Å². The summed E-state index contributed by atoms with van der Waals surface area (Å²) in [6.45, 7) is 8.26. The van der Waals surface area contributed by atoms with Crippen molar-refractivity contribution in [3.63, 3.8) is 0 Å². The van der Waals surface area contributed by atoms with Crippen molar-refractivity contribution in [1.82, 2.24) is 5.32 Å². The molecule has 1 aliphatic heterocycles. The molecule has 1 fully saturated rings. The van der Waals surface area contributed by atoms with Crippen LogP contribution in [0.2, 0.25) is 0 Å². The van der Waals surface area contributed by atoms with Gasteiger partial charge in [0.1, 0.15) is 0 Å². The highest BCUT2D eigenvalue weighted by molar-refractivity contribution is 5.81. The van der Waals surface area contributed by atoms with Crippen molar-refractivity contribution < 1.29 is 9.53 Å². The summed E-state index contributed by atoms with van der Waals surface area (Å²) in [4.78, 5) is 11.7. The van der Waals surface area contributed by atoms with E-state index in [1.165, 1.54) is 0 Å². The fourth-order valence-electron chi connectivity index (χ4n) is 1.48. The van der Waals surface area contributed by atoms with E-state index in [2.05, 4.69) is 12.2 Å². The van der Waals surface area contributed by atoms with Crippen molar-refractivity contribution >= 4 is 5.91 Å². The second-order valence-electron chi connectivity index (χ2n) is 4.93. The Labute approximate surface area is 91.5 Å². The molecule has 1 heterocycles. The van der Waals surface area contributed by atoms with Gasteiger partial charge in [0.25, 0.3) is 0 Å². The lowest BCUT2D eigenvalue weighted by molar-refractivity contribution is -0.128. The molecule has 0 aromatic carbocycles. The minimum Gasteiger partial charge on any atom is -0.380 e. The van der Waals surface area contributed by atoms with Gasteiger partial charge in [-0.25, -0.2) is 0 Å². The summed E-state index contributed by atoms with van der Waals surface area (Å²) < 4.78 is 5.12. The first-order chi connectivity index (χ1) is 6.98. The third-order valence-corrected chi connectivity index (χ3v) is 3.15. The number of carbonyl (C=O) groups excluding carboxylic acids is 1. The van der Waals surface area contributed by atoms with Gasteiger partial charge >= 0.3 is 0 Å². The standard InChI is InChI=1S/C11H22N2O2/c1-4-8(2)9(12)10(14)13-5-11(3)6-15-7-11/h8-9H,4-7,12H2,1-3H3,(H,13,14)/t8-,9-/m0/s1. The largest absolute Gasteiger partial charge is 0.380 e. The Morgan fingerprint density at radius 1 is 1.60 bits per heavy atom. The van der Waals surface area contributed by atoms with Crippen molar-refractivity contribution in [3.8, 4) is 0 Å². The van der Waals surface area contributed by atoms with E-state index in [0.29, 0.717) is 6.54 Å². The number of rotatable bonds is 5. The van der Waals surface area contributed by atoms with Crippen LogP contribution in [-0.4, -0.2) is 31.7 Å². The molecule has 0 spiro atoms.